The van der Waals surface area contributed by atoms with E-state index in [4.69, 9.17) is 4.74 Å². The van der Waals surface area contributed by atoms with Crippen molar-refractivity contribution in [3.8, 4) is 5.75 Å². The van der Waals surface area contributed by atoms with E-state index in [2.05, 4.69) is 39.6 Å². The Bertz CT molecular complexity index is 331. The molecule has 3 nitrogen and oxygen atoms in total. The number of halogens is 1. The molecule has 0 saturated heterocycles. The molecule has 0 aliphatic carbocycles. The van der Waals surface area contributed by atoms with Crippen LogP contribution in [0, 0.1) is 0 Å². The van der Waals surface area contributed by atoms with Gasteiger partial charge in [0.05, 0.1) is 7.11 Å². The van der Waals surface area contributed by atoms with Gasteiger partial charge >= 0.3 is 0 Å². The Hall–Kier alpha value is -0.580. The summed E-state index contributed by atoms with van der Waals surface area (Å²) < 4.78 is 6.33. The Labute approximate surface area is 112 Å². The molecule has 0 aliphatic rings. The molecule has 0 aromatic heterocycles. The van der Waals surface area contributed by atoms with E-state index in [-0.39, 0.29) is 0 Å². The van der Waals surface area contributed by atoms with Crippen molar-refractivity contribution < 1.29 is 4.74 Å². The molecule has 0 aliphatic heterocycles. The fourth-order valence-corrected chi connectivity index (χ4v) is 1.90. The van der Waals surface area contributed by atoms with Crippen LogP contribution in [0.1, 0.15) is 18.9 Å². The van der Waals surface area contributed by atoms with Crippen molar-refractivity contribution in [2.75, 3.05) is 26.7 Å². The van der Waals surface area contributed by atoms with E-state index < -0.39 is 0 Å². The first kappa shape index (κ1) is 14.5. The molecule has 0 heterocycles. The van der Waals surface area contributed by atoms with Crippen LogP contribution in [0.3, 0.4) is 0 Å². The molecule has 2 N–H and O–H groups in total. The fourth-order valence-electron chi connectivity index (χ4n) is 1.52. The van der Waals surface area contributed by atoms with E-state index in [9.17, 15) is 0 Å². The molecule has 0 unspecified atom stereocenters. The SMILES string of the molecule is CCCNCCNCc1cc(OC)ccc1Br. The largest absolute Gasteiger partial charge is 0.497 e. The molecular weight excluding hydrogens is 280 g/mol. The Morgan fingerprint density at radius 2 is 1.94 bits per heavy atom. The van der Waals surface area contributed by atoms with Gasteiger partial charge in [0.15, 0.2) is 0 Å². The maximum Gasteiger partial charge on any atom is 0.119 e. The van der Waals surface area contributed by atoms with Gasteiger partial charge < -0.3 is 15.4 Å². The lowest BCUT2D eigenvalue weighted by Crippen LogP contribution is -2.27. The second kappa shape index (κ2) is 8.50. The highest BCUT2D eigenvalue weighted by molar-refractivity contribution is 9.10. The van der Waals surface area contributed by atoms with Crippen LogP contribution in [0.25, 0.3) is 0 Å². The van der Waals surface area contributed by atoms with Crippen LogP contribution < -0.4 is 15.4 Å². The Morgan fingerprint density at radius 1 is 1.18 bits per heavy atom. The molecule has 0 amide bonds. The van der Waals surface area contributed by atoms with Crippen LogP contribution in [0.2, 0.25) is 0 Å². The number of hydrogen-bond acceptors (Lipinski definition) is 3. The zero-order valence-electron chi connectivity index (χ0n) is 10.6. The zero-order chi connectivity index (χ0) is 12.5. The van der Waals surface area contributed by atoms with Crippen LogP contribution in [0.15, 0.2) is 22.7 Å². The van der Waals surface area contributed by atoms with Crippen molar-refractivity contribution in [2.24, 2.45) is 0 Å². The minimum absolute atomic E-state index is 0.853. The second-order valence-corrected chi connectivity index (χ2v) is 4.74. The van der Waals surface area contributed by atoms with Crippen molar-refractivity contribution in [1.82, 2.24) is 10.6 Å². The van der Waals surface area contributed by atoms with Gasteiger partial charge in [-0.05, 0) is 36.7 Å². The zero-order valence-corrected chi connectivity index (χ0v) is 12.1. The molecule has 1 rings (SSSR count). The van der Waals surface area contributed by atoms with Crippen molar-refractivity contribution in [2.45, 2.75) is 19.9 Å². The minimum Gasteiger partial charge on any atom is -0.497 e. The predicted octanol–water partition coefficient (Wildman–Crippen LogP) is 2.55. The Balaban J connectivity index is 2.30. The average Bonchev–Trinajstić information content (AvgIpc) is 2.35. The third-order valence-corrected chi connectivity index (χ3v) is 3.25. The quantitative estimate of drug-likeness (QED) is 0.724. The van der Waals surface area contributed by atoms with Crippen molar-refractivity contribution in [1.29, 1.82) is 0 Å². The van der Waals surface area contributed by atoms with Crippen LogP contribution in [0.4, 0.5) is 0 Å². The summed E-state index contributed by atoms with van der Waals surface area (Å²) in [7, 11) is 1.69. The normalized spacial score (nSPS) is 10.5. The van der Waals surface area contributed by atoms with Gasteiger partial charge in [0.25, 0.3) is 0 Å². The van der Waals surface area contributed by atoms with Gasteiger partial charge in [-0.2, -0.15) is 0 Å². The smallest absolute Gasteiger partial charge is 0.119 e. The van der Waals surface area contributed by atoms with Gasteiger partial charge in [0.1, 0.15) is 5.75 Å². The molecular formula is C13H21BrN2O. The molecule has 0 fully saturated rings. The van der Waals surface area contributed by atoms with E-state index in [1.165, 1.54) is 12.0 Å². The van der Waals surface area contributed by atoms with Crippen molar-refractivity contribution in [3.05, 3.63) is 28.2 Å². The Morgan fingerprint density at radius 3 is 2.65 bits per heavy atom. The number of nitrogens with one attached hydrogen (secondary N) is 2. The van der Waals surface area contributed by atoms with Gasteiger partial charge in [0, 0.05) is 24.1 Å². The molecule has 0 spiro atoms. The molecule has 0 saturated carbocycles. The van der Waals surface area contributed by atoms with Crippen LogP contribution >= 0.6 is 15.9 Å². The van der Waals surface area contributed by atoms with E-state index in [1.807, 2.05) is 12.1 Å². The van der Waals surface area contributed by atoms with Crippen molar-refractivity contribution in [3.63, 3.8) is 0 Å². The van der Waals surface area contributed by atoms with Gasteiger partial charge in [-0.15, -0.1) is 0 Å². The first-order chi connectivity index (χ1) is 8.27. The number of hydrogen-bond donors (Lipinski definition) is 2. The highest BCUT2D eigenvalue weighted by atomic mass is 79.9. The number of ether oxygens (including phenoxy) is 1. The van der Waals surface area contributed by atoms with E-state index in [0.717, 1.165) is 36.4 Å². The predicted molar refractivity (Wildman–Crippen MR) is 75.6 cm³/mol. The number of benzene rings is 1. The summed E-state index contributed by atoms with van der Waals surface area (Å²) in [5.41, 5.74) is 1.22. The van der Waals surface area contributed by atoms with Gasteiger partial charge in [-0.1, -0.05) is 22.9 Å². The summed E-state index contributed by atoms with van der Waals surface area (Å²) in [5.74, 6) is 0.897. The lowest BCUT2D eigenvalue weighted by atomic mass is 10.2. The first-order valence-electron chi connectivity index (χ1n) is 6.01. The first-order valence-corrected chi connectivity index (χ1v) is 6.81. The van der Waals surface area contributed by atoms with Gasteiger partial charge in [0.2, 0.25) is 0 Å². The summed E-state index contributed by atoms with van der Waals surface area (Å²) in [6.45, 7) is 6.10. The summed E-state index contributed by atoms with van der Waals surface area (Å²) in [6.07, 6.45) is 1.18. The van der Waals surface area contributed by atoms with Crippen LogP contribution in [-0.2, 0) is 6.54 Å². The van der Waals surface area contributed by atoms with Crippen LogP contribution in [0.5, 0.6) is 5.75 Å². The third-order valence-electron chi connectivity index (χ3n) is 2.47. The highest BCUT2D eigenvalue weighted by Gasteiger charge is 2.01. The van der Waals surface area contributed by atoms with E-state index in [1.54, 1.807) is 7.11 Å². The lowest BCUT2D eigenvalue weighted by Gasteiger charge is -2.09. The molecule has 0 atom stereocenters. The summed E-state index contributed by atoms with van der Waals surface area (Å²) in [6, 6.07) is 6.03. The fraction of sp³-hybridized carbons (Fsp3) is 0.538. The van der Waals surface area contributed by atoms with Gasteiger partial charge in [-0.3, -0.25) is 0 Å². The van der Waals surface area contributed by atoms with E-state index >= 15 is 0 Å². The maximum atomic E-state index is 5.21. The second-order valence-electron chi connectivity index (χ2n) is 3.88. The third kappa shape index (κ3) is 5.52. The highest BCUT2D eigenvalue weighted by Crippen LogP contribution is 2.22. The summed E-state index contributed by atoms with van der Waals surface area (Å²) in [4.78, 5) is 0. The summed E-state index contributed by atoms with van der Waals surface area (Å²) >= 11 is 3.54. The maximum absolute atomic E-state index is 5.21. The summed E-state index contributed by atoms with van der Waals surface area (Å²) in [5, 5.41) is 6.76. The number of rotatable bonds is 8. The van der Waals surface area contributed by atoms with Gasteiger partial charge in [-0.25, -0.2) is 0 Å². The average molecular weight is 301 g/mol. The molecule has 1 aromatic rings. The Kier molecular flexibility index (Phi) is 7.24. The van der Waals surface area contributed by atoms with Crippen LogP contribution in [-0.4, -0.2) is 26.7 Å². The molecule has 4 heteroatoms. The molecule has 1 aromatic carbocycles. The number of methoxy groups -OCH3 is 1. The molecule has 96 valence electrons. The molecule has 0 bridgehead atoms. The minimum atomic E-state index is 0.853. The van der Waals surface area contributed by atoms with E-state index in [0.29, 0.717) is 0 Å². The lowest BCUT2D eigenvalue weighted by molar-refractivity contribution is 0.414. The standard InChI is InChI=1S/C13H21BrN2O/c1-3-6-15-7-8-16-10-11-9-12(17-2)4-5-13(11)14/h4-5,9,15-16H,3,6-8,10H2,1-2H3. The molecule has 0 radical (unpaired) electrons. The monoisotopic (exact) mass is 300 g/mol. The van der Waals surface area contributed by atoms with Crippen molar-refractivity contribution >= 4 is 15.9 Å². The topological polar surface area (TPSA) is 33.3 Å². The molecule has 17 heavy (non-hydrogen) atoms.